The van der Waals surface area contributed by atoms with Crippen LogP contribution in [0, 0.1) is 6.92 Å². The molecule has 0 aliphatic carbocycles. The van der Waals surface area contributed by atoms with Crippen molar-refractivity contribution in [3.8, 4) is 0 Å². The van der Waals surface area contributed by atoms with Crippen molar-refractivity contribution in [2.45, 2.75) is 24.9 Å². The number of carbonyl (C=O) groups excluding carboxylic acids is 2. The van der Waals surface area contributed by atoms with Crippen LogP contribution in [-0.2, 0) is 32.6 Å². The molecular formula is C24H23ClN2O5S. The summed E-state index contributed by atoms with van der Waals surface area (Å²) in [5.74, 6) is -1.31. The molecule has 0 unspecified atom stereocenters. The Morgan fingerprint density at radius 3 is 2.36 bits per heavy atom. The minimum atomic E-state index is -3.99. The molecular weight excluding hydrogens is 464 g/mol. The molecule has 9 heteroatoms. The van der Waals surface area contributed by atoms with Crippen LogP contribution in [0.3, 0.4) is 0 Å². The molecule has 0 saturated carbocycles. The van der Waals surface area contributed by atoms with E-state index in [9.17, 15) is 18.0 Å². The van der Waals surface area contributed by atoms with E-state index >= 15 is 0 Å². The molecule has 0 aliphatic rings. The molecule has 0 heterocycles. The number of hydrogen-bond donors (Lipinski definition) is 2. The van der Waals surface area contributed by atoms with Crippen molar-refractivity contribution in [2.75, 3.05) is 6.61 Å². The number of nitrogens with one attached hydrogen (secondary N) is 2. The highest BCUT2D eigenvalue weighted by Crippen LogP contribution is 2.23. The lowest BCUT2D eigenvalue weighted by Gasteiger charge is -2.11. The molecule has 7 nitrogen and oxygen atoms in total. The van der Waals surface area contributed by atoms with E-state index in [1.807, 2.05) is 37.3 Å². The zero-order valence-electron chi connectivity index (χ0n) is 17.9. The molecule has 3 aromatic rings. The van der Waals surface area contributed by atoms with Crippen LogP contribution in [0.1, 0.15) is 27.0 Å². The Morgan fingerprint density at radius 2 is 1.64 bits per heavy atom. The maximum atomic E-state index is 12.7. The maximum Gasteiger partial charge on any atom is 0.338 e. The lowest BCUT2D eigenvalue weighted by Crippen LogP contribution is -2.28. The van der Waals surface area contributed by atoms with E-state index in [1.165, 1.54) is 12.1 Å². The summed E-state index contributed by atoms with van der Waals surface area (Å²) >= 11 is 6.07. The third kappa shape index (κ3) is 6.89. The smallest absolute Gasteiger partial charge is 0.338 e. The standard InChI is InChI=1S/C24H23ClN2O5S/c1-17-7-5-6-10-20(17)15-26-23(28)16-32-24(29)19-11-12-21(25)22(13-19)33(30,31)27-14-18-8-3-2-4-9-18/h2-13,27H,14-16H2,1H3,(H,26,28). The average molecular weight is 487 g/mol. The van der Waals surface area contributed by atoms with Gasteiger partial charge in [-0.2, -0.15) is 0 Å². The van der Waals surface area contributed by atoms with Crippen LogP contribution in [0.4, 0.5) is 0 Å². The quantitative estimate of drug-likeness (QED) is 0.450. The summed E-state index contributed by atoms with van der Waals surface area (Å²) in [5.41, 5.74) is 2.72. The number of rotatable bonds is 9. The Kier molecular flexibility index (Phi) is 8.21. The zero-order valence-corrected chi connectivity index (χ0v) is 19.4. The first-order valence-electron chi connectivity index (χ1n) is 10.1. The highest BCUT2D eigenvalue weighted by atomic mass is 35.5. The van der Waals surface area contributed by atoms with Crippen LogP contribution in [0.5, 0.6) is 0 Å². The largest absolute Gasteiger partial charge is 0.452 e. The predicted molar refractivity (Wildman–Crippen MR) is 125 cm³/mol. The number of esters is 1. The normalized spacial score (nSPS) is 11.1. The number of carbonyl (C=O) groups is 2. The van der Waals surface area contributed by atoms with Gasteiger partial charge in [-0.1, -0.05) is 66.2 Å². The molecule has 0 aliphatic heterocycles. The number of ether oxygens (including phenoxy) is 1. The van der Waals surface area contributed by atoms with Crippen LogP contribution >= 0.6 is 11.6 Å². The lowest BCUT2D eigenvalue weighted by molar-refractivity contribution is -0.124. The van der Waals surface area contributed by atoms with Gasteiger partial charge in [0, 0.05) is 13.1 Å². The Labute approximate surface area is 197 Å². The summed E-state index contributed by atoms with van der Waals surface area (Å²) in [6.45, 7) is 1.80. The van der Waals surface area contributed by atoms with Crippen molar-refractivity contribution in [3.63, 3.8) is 0 Å². The van der Waals surface area contributed by atoms with Gasteiger partial charge in [-0.05, 0) is 41.8 Å². The van der Waals surface area contributed by atoms with E-state index in [1.54, 1.807) is 24.3 Å². The summed E-state index contributed by atoms with van der Waals surface area (Å²) in [5, 5.41) is 2.64. The highest BCUT2D eigenvalue weighted by Gasteiger charge is 2.21. The topological polar surface area (TPSA) is 102 Å². The first-order chi connectivity index (χ1) is 15.8. The van der Waals surface area contributed by atoms with Gasteiger partial charge in [0.15, 0.2) is 6.61 Å². The molecule has 0 aromatic heterocycles. The molecule has 1 amide bonds. The Bertz CT molecular complexity index is 1250. The summed E-state index contributed by atoms with van der Waals surface area (Å²) in [6, 6.07) is 20.3. The summed E-state index contributed by atoms with van der Waals surface area (Å²) in [7, 11) is -3.99. The molecule has 0 atom stereocenters. The fraction of sp³-hybridized carbons (Fsp3) is 0.167. The average Bonchev–Trinajstić information content (AvgIpc) is 2.81. The fourth-order valence-corrected chi connectivity index (χ4v) is 4.50. The molecule has 2 N–H and O–H groups in total. The van der Waals surface area contributed by atoms with Gasteiger partial charge in [-0.25, -0.2) is 17.9 Å². The van der Waals surface area contributed by atoms with E-state index in [4.69, 9.17) is 16.3 Å². The minimum Gasteiger partial charge on any atom is -0.452 e. The van der Waals surface area contributed by atoms with Crippen LogP contribution in [0.25, 0.3) is 0 Å². The van der Waals surface area contributed by atoms with Crippen molar-refractivity contribution in [1.29, 1.82) is 0 Å². The number of amides is 1. The van der Waals surface area contributed by atoms with Crippen molar-refractivity contribution >= 4 is 33.5 Å². The van der Waals surface area contributed by atoms with Gasteiger partial charge in [0.25, 0.3) is 5.91 Å². The first kappa shape index (κ1) is 24.4. The molecule has 0 fully saturated rings. The monoisotopic (exact) mass is 486 g/mol. The molecule has 0 bridgehead atoms. The third-order valence-corrected chi connectivity index (χ3v) is 6.72. The first-order valence-corrected chi connectivity index (χ1v) is 11.9. The van der Waals surface area contributed by atoms with Crippen molar-refractivity contribution in [3.05, 3.63) is 100 Å². The van der Waals surface area contributed by atoms with Crippen molar-refractivity contribution in [1.82, 2.24) is 10.0 Å². The number of sulfonamides is 1. The van der Waals surface area contributed by atoms with Crippen LogP contribution in [0.2, 0.25) is 5.02 Å². The molecule has 0 radical (unpaired) electrons. The molecule has 3 rings (SSSR count). The number of aryl methyl sites for hydroxylation is 1. The number of hydrogen-bond acceptors (Lipinski definition) is 5. The minimum absolute atomic E-state index is 0.0359. The molecule has 0 spiro atoms. The third-order valence-electron chi connectivity index (χ3n) is 4.84. The van der Waals surface area contributed by atoms with E-state index in [0.29, 0.717) is 6.54 Å². The van der Waals surface area contributed by atoms with Gasteiger partial charge in [-0.15, -0.1) is 0 Å². The molecule has 3 aromatic carbocycles. The highest BCUT2D eigenvalue weighted by molar-refractivity contribution is 7.89. The second kappa shape index (κ2) is 11.1. The molecule has 0 saturated heterocycles. The predicted octanol–water partition coefficient (Wildman–Crippen LogP) is 3.60. The number of benzene rings is 3. The SMILES string of the molecule is Cc1ccccc1CNC(=O)COC(=O)c1ccc(Cl)c(S(=O)(=O)NCc2ccccc2)c1. The second-order valence-corrected chi connectivity index (χ2v) is 9.38. The Morgan fingerprint density at radius 1 is 0.939 bits per heavy atom. The van der Waals surface area contributed by atoms with E-state index in [0.717, 1.165) is 22.8 Å². The number of halogens is 1. The zero-order chi connectivity index (χ0) is 23.8. The second-order valence-electron chi connectivity index (χ2n) is 7.23. The Hall–Kier alpha value is -3.20. The lowest BCUT2D eigenvalue weighted by atomic mass is 10.1. The van der Waals surface area contributed by atoms with Crippen molar-refractivity contribution < 1.29 is 22.7 Å². The summed E-state index contributed by atoms with van der Waals surface area (Å²) in [4.78, 5) is 24.2. The van der Waals surface area contributed by atoms with Gasteiger partial charge >= 0.3 is 5.97 Å². The van der Waals surface area contributed by atoms with Crippen LogP contribution < -0.4 is 10.0 Å². The van der Waals surface area contributed by atoms with Gasteiger partial charge in [0.1, 0.15) is 4.90 Å². The van der Waals surface area contributed by atoms with E-state index < -0.39 is 28.5 Å². The fourth-order valence-electron chi connectivity index (χ4n) is 2.96. The van der Waals surface area contributed by atoms with Gasteiger partial charge in [0.05, 0.1) is 10.6 Å². The molecule has 33 heavy (non-hydrogen) atoms. The maximum absolute atomic E-state index is 12.7. The van der Waals surface area contributed by atoms with Gasteiger partial charge in [-0.3, -0.25) is 4.79 Å². The van der Waals surface area contributed by atoms with Crippen LogP contribution in [0.15, 0.2) is 77.7 Å². The van der Waals surface area contributed by atoms with E-state index in [2.05, 4.69) is 10.0 Å². The Balaban J connectivity index is 1.60. The summed E-state index contributed by atoms with van der Waals surface area (Å²) in [6.07, 6.45) is 0. The van der Waals surface area contributed by atoms with Gasteiger partial charge < -0.3 is 10.1 Å². The van der Waals surface area contributed by atoms with Crippen molar-refractivity contribution in [2.24, 2.45) is 0 Å². The van der Waals surface area contributed by atoms with Crippen LogP contribution in [-0.4, -0.2) is 26.9 Å². The summed E-state index contributed by atoms with van der Waals surface area (Å²) < 4.78 is 32.9. The van der Waals surface area contributed by atoms with E-state index in [-0.39, 0.29) is 22.0 Å². The molecule has 172 valence electrons. The van der Waals surface area contributed by atoms with Gasteiger partial charge in [0.2, 0.25) is 10.0 Å².